The molecular formula is C12H16FN. The number of nitrogens with two attached hydrogens (primary N) is 1. The smallest absolute Gasteiger partial charge is 0.136 e. The summed E-state index contributed by atoms with van der Waals surface area (Å²) in [5.41, 5.74) is 5.99. The Balaban J connectivity index is 2.23. The fourth-order valence-corrected chi connectivity index (χ4v) is 2.18. The minimum atomic E-state index is -1.09. The van der Waals surface area contributed by atoms with Gasteiger partial charge in [0, 0.05) is 5.69 Å². The molecule has 0 heterocycles. The number of alkyl halides is 1. The van der Waals surface area contributed by atoms with Crippen LogP contribution in [0.4, 0.5) is 10.1 Å². The van der Waals surface area contributed by atoms with Crippen molar-refractivity contribution in [3.63, 3.8) is 0 Å². The Hall–Kier alpha value is -1.05. The number of nitrogen functional groups attached to an aromatic ring is 1. The van der Waals surface area contributed by atoms with Crippen LogP contribution in [0, 0.1) is 0 Å². The Bertz CT molecular complexity index is 299. The van der Waals surface area contributed by atoms with Crippen molar-refractivity contribution in [3.8, 4) is 0 Å². The van der Waals surface area contributed by atoms with Gasteiger partial charge in [-0.15, -0.1) is 0 Å². The van der Waals surface area contributed by atoms with E-state index in [0.29, 0.717) is 18.5 Å². The summed E-state index contributed by atoms with van der Waals surface area (Å²) in [7, 11) is 0. The van der Waals surface area contributed by atoms with Crippen LogP contribution in [0.2, 0.25) is 0 Å². The van der Waals surface area contributed by atoms with E-state index in [1.54, 1.807) is 12.1 Å². The van der Waals surface area contributed by atoms with Gasteiger partial charge in [-0.2, -0.15) is 0 Å². The van der Waals surface area contributed by atoms with E-state index < -0.39 is 5.67 Å². The third-order valence-electron chi connectivity index (χ3n) is 3.07. The van der Waals surface area contributed by atoms with Gasteiger partial charge in [0.15, 0.2) is 0 Å². The van der Waals surface area contributed by atoms with Gasteiger partial charge in [-0.25, -0.2) is 4.39 Å². The van der Waals surface area contributed by atoms with Crippen LogP contribution >= 0.6 is 0 Å². The minimum absolute atomic E-state index is 0.664. The normalized spacial score (nSPS) is 20.6. The molecule has 0 atom stereocenters. The fraction of sp³-hybridized carbons (Fsp3) is 0.500. The zero-order valence-corrected chi connectivity index (χ0v) is 8.30. The first-order valence-electron chi connectivity index (χ1n) is 5.26. The summed E-state index contributed by atoms with van der Waals surface area (Å²) in [5.74, 6) is 0. The largest absolute Gasteiger partial charge is 0.399 e. The van der Waals surface area contributed by atoms with E-state index in [9.17, 15) is 4.39 Å². The maximum Gasteiger partial charge on any atom is 0.136 e. The molecule has 0 spiro atoms. The molecule has 0 unspecified atom stereocenters. The maximum atomic E-state index is 14.4. The fourth-order valence-electron chi connectivity index (χ4n) is 2.18. The molecule has 1 aliphatic carbocycles. The summed E-state index contributed by atoms with van der Waals surface area (Å²) in [5, 5.41) is 0. The van der Waals surface area contributed by atoms with E-state index in [1.807, 2.05) is 12.1 Å². The highest BCUT2D eigenvalue weighted by Crippen LogP contribution is 2.40. The first-order valence-corrected chi connectivity index (χ1v) is 5.26. The van der Waals surface area contributed by atoms with Gasteiger partial charge in [0.25, 0.3) is 0 Å². The van der Waals surface area contributed by atoms with Crippen LogP contribution in [0.25, 0.3) is 0 Å². The van der Waals surface area contributed by atoms with Gasteiger partial charge in [0.05, 0.1) is 0 Å². The average Bonchev–Trinajstić information content (AvgIpc) is 2.19. The standard InChI is InChI=1S/C12H16FN/c13-12(8-2-1-3-9-12)10-4-6-11(14)7-5-10/h4-7H,1-3,8-9,14H2. The molecule has 0 bridgehead atoms. The van der Waals surface area contributed by atoms with E-state index in [2.05, 4.69) is 0 Å². The summed E-state index contributed by atoms with van der Waals surface area (Å²) in [6.07, 6.45) is 4.50. The molecule has 2 heteroatoms. The van der Waals surface area contributed by atoms with Gasteiger partial charge in [-0.1, -0.05) is 18.6 Å². The lowest BCUT2D eigenvalue weighted by atomic mass is 9.81. The van der Waals surface area contributed by atoms with Gasteiger partial charge < -0.3 is 5.73 Å². The van der Waals surface area contributed by atoms with Crippen LogP contribution in [-0.4, -0.2) is 0 Å². The van der Waals surface area contributed by atoms with Crippen molar-refractivity contribution in [2.24, 2.45) is 0 Å². The molecule has 0 amide bonds. The second kappa shape index (κ2) is 3.60. The van der Waals surface area contributed by atoms with E-state index in [1.165, 1.54) is 6.42 Å². The summed E-state index contributed by atoms with van der Waals surface area (Å²) in [6.45, 7) is 0. The number of benzene rings is 1. The SMILES string of the molecule is Nc1ccc(C2(F)CCCCC2)cc1. The second-order valence-electron chi connectivity index (χ2n) is 4.15. The van der Waals surface area contributed by atoms with Gasteiger partial charge in [0.2, 0.25) is 0 Å². The molecular weight excluding hydrogens is 177 g/mol. The van der Waals surface area contributed by atoms with Gasteiger partial charge in [-0.3, -0.25) is 0 Å². The number of hydrogen-bond acceptors (Lipinski definition) is 1. The topological polar surface area (TPSA) is 26.0 Å². The number of anilines is 1. The maximum absolute atomic E-state index is 14.4. The summed E-state index contributed by atoms with van der Waals surface area (Å²) < 4.78 is 14.4. The molecule has 1 aromatic carbocycles. The summed E-state index contributed by atoms with van der Waals surface area (Å²) in [6, 6.07) is 7.21. The molecule has 0 aromatic heterocycles. The lowest BCUT2D eigenvalue weighted by molar-refractivity contribution is 0.106. The van der Waals surface area contributed by atoms with Crippen molar-refractivity contribution >= 4 is 5.69 Å². The highest BCUT2D eigenvalue weighted by Gasteiger charge is 2.33. The van der Waals surface area contributed by atoms with Crippen LogP contribution in [0.3, 0.4) is 0 Å². The van der Waals surface area contributed by atoms with Crippen LogP contribution in [-0.2, 0) is 5.67 Å². The predicted molar refractivity (Wildman–Crippen MR) is 56.7 cm³/mol. The van der Waals surface area contributed by atoms with Crippen LogP contribution < -0.4 is 5.73 Å². The van der Waals surface area contributed by atoms with Crippen molar-refractivity contribution in [2.75, 3.05) is 5.73 Å². The Kier molecular flexibility index (Phi) is 2.44. The van der Waals surface area contributed by atoms with Crippen molar-refractivity contribution < 1.29 is 4.39 Å². The van der Waals surface area contributed by atoms with Crippen molar-refractivity contribution in [1.29, 1.82) is 0 Å². The molecule has 0 saturated heterocycles. The zero-order valence-electron chi connectivity index (χ0n) is 8.30. The quantitative estimate of drug-likeness (QED) is 0.680. The molecule has 1 aliphatic rings. The van der Waals surface area contributed by atoms with Gasteiger partial charge >= 0.3 is 0 Å². The predicted octanol–water partition coefficient (Wildman–Crippen LogP) is 3.40. The van der Waals surface area contributed by atoms with Gasteiger partial charge in [0.1, 0.15) is 5.67 Å². The molecule has 0 aliphatic heterocycles. The highest BCUT2D eigenvalue weighted by molar-refractivity contribution is 5.41. The van der Waals surface area contributed by atoms with E-state index in [-0.39, 0.29) is 0 Å². The second-order valence-corrected chi connectivity index (χ2v) is 4.15. The van der Waals surface area contributed by atoms with Crippen LogP contribution in [0.15, 0.2) is 24.3 Å². The molecule has 1 saturated carbocycles. The summed E-state index contributed by atoms with van der Waals surface area (Å²) in [4.78, 5) is 0. The summed E-state index contributed by atoms with van der Waals surface area (Å²) >= 11 is 0. The number of halogens is 1. The molecule has 76 valence electrons. The molecule has 2 N–H and O–H groups in total. The van der Waals surface area contributed by atoms with E-state index in [4.69, 9.17) is 5.73 Å². The lowest BCUT2D eigenvalue weighted by Gasteiger charge is -2.29. The van der Waals surface area contributed by atoms with E-state index in [0.717, 1.165) is 18.4 Å². The highest BCUT2D eigenvalue weighted by atomic mass is 19.1. The molecule has 14 heavy (non-hydrogen) atoms. The Morgan fingerprint density at radius 3 is 2.14 bits per heavy atom. The third-order valence-corrected chi connectivity index (χ3v) is 3.07. The zero-order chi connectivity index (χ0) is 10.0. The Morgan fingerprint density at radius 2 is 1.57 bits per heavy atom. The molecule has 0 radical (unpaired) electrons. The van der Waals surface area contributed by atoms with E-state index >= 15 is 0 Å². The van der Waals surface area contributed by atoms with Crippen molar-refractivity contribution in [2.45, 2.75) is 37.8 Å². The number of rotatable bonds is 1. The first kappa shape index (κ1) is 9.50. The van der Waals surface area contributed by atoms with Crippen LogP contribution in [0.5, 0.6) is 0 Å². The Morgan fingerprint density at radius 1 is 1.00 bits per heavy atom. The van der Waals surface area contributed by atoms with Gasteiger partial charge in [-0.05, 0) is 43.4 Å². The molecule has 2 rings (SSSR count). The van der Waals surface area contributed by atoms with Crippen molar-refractivity contribution in [3.05, 3.63) is 29.8 Å². The molecule has 1 nitrogen and oxygen atoms in total. The molecule has 1 aromatic rings. The monoisotopic (exact) mass is 193 g/mol. The minimum Gasteiger partial charge on any atom is -0.399 e. The molecule has 1 fully saturated rings. The van der Waals surface area contributed by atoms with Crippen LogP contribution in [0.1, 0.15) is 37.7 Å². The Labute approximate surface area is 84.1 Å². The third kappa shape index (κ3) is 1.74. The number of hydrogen-bond donors (Lipinski definition) is 1. The van der Waals surface area contributed by atoms with Crippen molar-refractivity contribution in [1.82, 2.24) is 0 Å². The average molecular weight is 193 g/mol. The first-order chi connectivity index (χ1) is 6.71. The lowest BCUT2D eigenvalue weighted by Crippen LogP contribution is -2.23.